The summed E-state index contributed by atoms with van der Waals surface area (Å²) < 4.78 is 16.4. The molecule has 2 N–H and O–H groups in total. The van der Waals surface area contributed by atoms with Crippen molar-refractivity contribution in [3.63, 3.8) is 0 Å². The standard InChI is InChI=1S/C27H21N5O4/c28-11-20-19-8-9-32(26(33)34-13-17-4-2-1-3-5-17)12-21(19)24(27(14-29,15-30)25(20)31)18-6-7-22-23(10-18)36-16-35-22/h1-8,10,21,24H,9,12-13,16,31H2/t21-,24+/m0/s1. The lowest BCUT2D eigenvalue weighted by atomic mass is 9.58. The average molecular weight is 479 g/mol. The van der Waals surface area contributed by atoms with Gasteiger partial charge in [-0.2, -0.15) is 15.8 Å². The summed E-state index contributed by atoms with van der Waals surface area (Å²) in [6.45, 7) is 0.529. The van der Waals surface area contributed by atoms with Gasteiger partial charge in [0, 0.05) is 24.9 Å². The highest BCUT2D eigenvalue weighted by atomic mass is 16.7. The van der Waals surface area contributed by atoms with Gasteiger partial charge in [0.05, 0.1) is 23.4 Å². The molecule has 0 saturated carbocycles. The summed E-state index contributed by atoms with van der Waals surface area (Å²) in [5, 5.41) is 30.4. The van der Waals surface area contributed by atoms with E-state index in [1.165, 1.54) is 4.90 Å². The Hall–Kier alpha value is -4.94. The van der Waals surface area contributed by atoms with Crippen molar-refractivity contribution in [3.05, 3.63) is 82.6 Å². The summed E-state index contributed by atoms with van der Waals surface area (Å²) in [6, 6.07) is 20.8. The van der Waals surface area contributed by atoms with Crippen LogP contribution in [0.1, 0.15) is 17.0 Å². The quantitative estimate of drug-likeness (QED) is 0.704. The lowest BCUT2D eigenvalue weighted by molar-refractivity contribution is 0.0898. The average Bonchev–Trinajstić information content (AvgIpc) is 3.39. The zero-order chi connectivity index (χ0) is 25.3. The van der Waals surface area contributed by atoms with Crippen molar-refractivity contribution < 1.29 is 19.0 Å². The Morgan fingerprint density at radius 2 is 1.86 bits per heavy atom. The molecule has 2 heterocycles. The molecule has 0 radical (unpaired) electrons. The van der Waals surface area contributed by atoms with E-state index in [4.69, 9.17) is 19.9 Å². The topological polar surface area (TPSA) is 145 Å². The third-order valence-corrected chi connectivity index (χ3v) is 6.88. The normalized spacial score (nSPS) is 21.4. The number of ether oxygens (including phenoxy) is 3. The molecule has 0 saturated heterocycles. The number of hydrogen-bond donors (Lipinski definition) is 1. The van der Waals surface area contributed by atoms with E-state index >= 15 is 0 Å². The molecule has 0 fully saturated rings. The van der Waals surface area contributed by atoms with E-state index in [1.54, 1.807) is 24.3 Å². The minimum absolute atomic E-state index is 0.0708. The Bertz CT molecular complexity index is 1400. The van der Waals surface area contributed by atoms with E-state index in [1.807, 2.05) is 30.3 Å². The Balaban J connectivity index is 1.54. The molecule has 2 atom stereocenters. The van der Waals surface area contributed by atoms with Gasteiger partial charge in [-0.3, -0.25) is 0 Å². The van der Waals surface area contributed by atoms with Crippen LogP contribution in [0.4, 0.5) is 4.79 Å². The number of carbonyl (C=O) groups excluding carboxylic acids is 1. The summed E-state index contributed by atoms with van der Waals surface area (Å²) in [5.74, 6) is -0.271. The maximum atomic E-state index is 13.0. The summed E-state index contributed by atoms with van der Waals surface area (Å²) in [7, 11) is 0. The van der Waals surface area contributed by atoms with Crippen LogP contribution in [0.2, 0.25) is 0 Å². The molecular weight excluding hydrogens is 458 g/mol. The first kappa shape index (κ1) is 22.8. The lowest BCUT2D eigenvalue weighted by Crippen LogP contribution is -2.49. The van der Waals surface area contributed by atoms with E-state index in [0.29, 0.717) is 22.6 Å². The molecule has 0 aromatic heterocycles. The monoisotopic (exact) mass is 479 g/mol. The van der Waals surface area contributed by atoms with E-state index in [2.05, 4.69) is 18.2 Å². The molecule has 2 aromatic rings. The van der Waals surface area contributed by atoms with Gasteiger partial charge in [-0.25, -0.2) is 4.79 Å². The highest BCUT2D eigenvalue weighted by Crippen LogP contribution is 2.55. The molecule has 3 aliphatic rings. The van der Waals surface area contributed by atoms with Crippen molar-refractivity contribution in [1.82, 2.24) is 4.90 Å². The van der Waals surface area contributed by atoms with Crippen LogP contribution in [-0.4, -0.2) is 30.9 Å². The molecule has 36 heavy (non-hydrogen) atoms. The van der Waals surface area contributed by atoms with E-state index in [9.17, 15) is 20.6 Å². The third-order valence-electron chi connectivity index (χ3n) is 6.88. The number of nitrogens with two attached hydrogens (primary N) is 1. The largest absolute Gasteiger partial charge is 0.454 e. The van der Waals surface area contributed by atoms with Crippen LogP contribution in [0.3, 0.4) is 0 Å². The minimum Gasteiger partial charge on any atom is -0.454 e. The molecule has 0 unspecified atom stereocenters. The van der Waals surface area contributed by atoms with Crippen LogP contribution in [-0.2, 0) is 11.3 Å². The number of nitriles is 3. The molecule has 2 aliphatic heterocycles. The fourth-order valence-electron chi connectivity index (χ4n) is 5.12. The maximum Gasteiger partial charge on any atom is 0.410 e. The van der Waals surface area contributed by atoms with Gasteiger partial charge in [-0.05, 0) is 28.8 Å². The number of carbonyl (C=O) groups is 1. The van der Waals surface area contributed by atoms with Crippen LogP contribution in [0.25, 0.3) is 0 Å². The highest BCUT2D eigenvalue weighted by Gasteiger charge is 2.55. The molecule has 9 heteroatoms. The van der Waals surface area contributed by atoms with Crippen molar-refractivity contribution in [2.24, 2.45) is 17.1 Å². The second kappa shape index (κ2) is 9.02. The van der Waals surface area contributed by atoms with Gasteiger partial charge in [-0.1, -0.05) is 42.5 Å². The molecule has 1 amide bonds. The van der Waals surface area contributed by atoms with Crippen molar-refractivity contribution in [2.45, 2.75) is 12.5 Å². The Morgan fingerprint density at radius 3 is 2.58 bits per heavy atom. The fraction of sp³-hybridized carbons (Fsp3) is 0.259. The van der Waals surface area contributed by atoms with Gasteiger partial charge in [0.25, 0.3) is 0 Å². The zero-order valence-corrected chi connectivity index (χ0v) is 19.2. The molecule has 1 aliphatic carbocycles. The number of amides is 1. The van der Waals surface area contributed by atoms with Crippen molar-refractivity contribution >= 4 is 6.09 Å². The molecule has 0 bridgehead atoms. The molecule has 5 rings (SSSR count). The number of benzene rings is 2. The Labute approximate surface area is 207 Å². The van der Waals surface area contributed by atoms with Crippen LogP contribution in [0, 0.1) is 45.3 Å². The summed E-state index contributed by atoms with van der Waals surface area (Å²) >= 11 is 0. The van der Waals surface area contributed by atoms with Crippen molar-refractivity contribution in [2.75, 3.05) is 19.9 Å². The first-order valence-corrected chi connectivity index (χ1v) is 11.3. The number of hydrogen-bond acceptors (Lipinski definition) is 8. The number of fused-ring (bicyclic) bond motifs is 2. The molecule has 2 aromatic carbocycles. The number of rotatable bonds is 3. The molecule has 0 spiro atoms. The highest BCUT2D eigenvalue weighted by molar-refractivity contribution is 5.69. The minimum atomic E-state index is -1.82. The first-order valence-electron chi connectivity index (χ1n) is 11.3. The Morgan fingerprint density at radius 1 is 1.11 bits per heavy atom. The van der Waals surface area contributed by atoms with E-state index in [-0.39, 0.29) is 37.8 Å². The maximum absolute atomic E-state index is 13.0. The fourth-order valence-corrected chi connectivity index (χ4v) is 5.12. The summed E-state index contributed by atoms with van der Waals surface area (Å²) in [5.41, 5.74) is 6.65. The van der Waals surface area contributed by atoms with Crippen molar-refractivity contribution in [3.8, 4) is 29.7 Å². The van der Waals surface area contributed by atoms with Crippen LogP contribution in [0.5, 0.6) is 11.5 Å². The molecule has 9 nitrogen and oxygen atoms in total. The van der Waals surface area contributed by atoms with Crippen LogP contribution in [0.15, 0.2) is 71.5 Å². The van der Waals surface area contributed by atoms with Gasteiger partial charge < -0.3 is 24.8 Å². The second-order valence-corrected chi connectivity index (χ2v) is 8.73. The second-order valence-electron chi connectivity index (χ2n) is 8.73. The third kappa shape index (κ3) is 3.57. The molecular formula is C27H21N5O4. The predicted octanol–water partition coefficient (Wildman–Crippen LogP) is 3.48. The Kier molecular flexibility index (Phi) is 5.72. The van der Waals surface area contributed by atoms with Gasteiger partial charge in [0.1, 0.15) is 12.7 Å². The van der Waals surface area contributed by atoms with Gasteiger partial charge in [-0.15, -0.1) is 0 Å². The zero-order valence-electron chi connectivity index (χ0n) is 19.2. The van der Waals surface area contributed by atoms with E-state index < -0.39 is 23.3 Å². The van der Waals surface area contributed by atoms with Gasteiger partial charge in [0.2, 0.25) is 6.79 Å². The van der Waals surface area contributed by atoms with Gasteiger partial charge in [0.15, 0.2) is 16.9 Å². The SMILES string of the molecule is N#CC1=C(N)C(C#N)(C#N)[C@H](c2ccc3c(c2)OCO3)[C@H]2CN(C(=O)OCc3ccccc3)CC=C12. The molecule has 178 valence electrons. The van der Waals surface area contributed by atoms with Gasteiger partial charge >= 0.3 is 6.09 Å². The first-order chi connectivity index (χ1) is 17.5. The predicted molar refractivity (Wildman–Crippen MR) is 126 cm³/mol. The smallest absolute Gasteiger partial charge is 0.410 e. The number of allylic oxidation sites excluding steroid dienone is 2. The summed E-state index contributed by atoms with van der Waals surface area (Å²) in [6.07, 6.45) is 1.22. The van der Waals surface area contributed by atoms with E-state index in [0.717, 1.165) is 5.56 Å². The summed E-state index contributed by atoms with van der Waals surface area (Å²) in [4.78, 5) is 14.5. The van der Waals surface area contributed by atoms with Crippen molar-refractivity contribution in [1.29, 1.82) is 15.8 Å². The number of nitrogens with zero attached hydrogens (tertiary/aromatic N) is 4. The van der Waals surface area contributed by atoms with Crippen LogP contribution < -0.4 is 15.2 Å². The van der Waals surface area contributed by atoms with Crippen LogP contribution >= 0.6 is 0 Å². The lowest BCUT2D eigenvalue weighted by Gasteiger charge is -2.45.